The number of nitrogens with two attached hydrogens (primary N) is 1. The molecule has 0 unspecified atom stereocenters. The molecule has 0 spiro atoms. The maximum absolute atomic E-state index is 12.0. The Labute approximate surface area is 135 Å². The average molecular weight is 317 g/mol. The van der Waals surface area contributed by atoms with Gasteiger partial charge < -0.3 is 15.8 Å². The van der Waals surface area contributed by atoms with Crippen LogP contribution in [0.15, 0.2) is 30.5 Å². The van der Waals surface area contributed by atoms with Crippen molar-refractivity contribution in [2.75, 3.05) is 6.54 Å². The second kappa shape index (κ2) is 8.28. The van der Waals surface area contributed by atoms with Crippen molar-refractivity contribution >= 4 is 5.91 Å². The van der Waals surface area contributed by atoms with Crippen molar-refractivity contribution in [2.45, 2.75) is 39.5 Å². The zero-order chi connectivity index (χ0) is 16.7. The molecule has 2 aromatic rings. The fourth-order valence-corrected chi connectivity index (χ4v) is 1.92. The molecule has 1 amide bonds. The summed E-state index contributed by atoms with van der Waals surface area (Å²) in [6.45, 7) is 5.53. The predicted molar refractivity (Wildman–Crippen MR) is 87.1 cm³/mol. The minimum Gasteiger partial charge on any atom is -0.491 e. The van der Waals surface area contributed by atoms with Crippen LogP contribution in [-0.4, -0.2) is 33.5 Å². The van der Waals surface area contributed by atoms with Crippen molar-refractivity contribution < 1.29 is 9.53 Å². The third kappa shape index (κ3) is 5.07. The highest BCUT2D eigenvalue weighted by Gasteiger charge is 2.10. The second-order valence-corrected chi connectivity index (χ2v) is 5.32. The highest BCUT2D eigenvalue weighted by molar-refractivity contribution is 5.91. The molecule has 0 aliphatic heterocycles. The molecule has 124 valence electrons. The van der Waals surface area contributed by atoms with E-state index in [0.717, 1.165) is 17.7 Å². The standard InChI is InChI=1S/C16H23N5O2/c1-3-12(2)23-14-6-4-13(5-7-14)10-18-16(22)15-11-21(9-8-17)20-19-15/h4-7,11-12H,3,8-10,17H2,1-2H3,(H,18,22)/t12-/m1/s1. The van der Waals surface area contributed by atoms with E-state index in [1.807, 2.05) is 31.2 Å². The molecule has 23 heavy (non-hydrogen) atoms. The number of nitrogens with one attached hydrogen (secondary N) is 1. The van der Waals surface area contributed by atoms with Crippen LogP contribution in [-0.2, 0) is 13.1 Å². The highest BCUT2D eigenvalue weighted by atomic mass is 16.5. The molecule has 0 saturated carbocycles. The van der Waals surface area contributed by atoms with Crippen molar-refractivity contribution in [1.29, 1.82) is 0 Å². The molecule has 1 aromatic carbocycles. The molecule has 1 heterocycles. The Balaban J connectivity index is 1.86. The number of benzene rings is 1. The number of ether oxygens (including phenoxy) is 1. The maximum atomic E-state index is 12.0. The molecule has 3 N–H and O–H groups in total. The van der Waals surface area contributed by atoms with Crippen LogP contribution in [0.1, 0.15) is 36.3 Å². The molecule has 1 atom stereocenters. The van der Waals surface area contributed by atoms with Gasteiger partial charge in [-0.2, -0.15) is 0 Å². The van der Waals surface area contributed by atoms with Crippen LogP contribution in [0.2, 0.25) is 0 Å². The zero-order valence-corrected chi connectivity index (χ0v) is 13.5. The summed E-state index contributed by atoms with van der Waals surface area (Å²) in [5.41, 5.74) is 6.71. The van der Waals surface area contributed by atoms with Crippen LogP contribution >= 0.6 is 0 Å². The molecule has 7 heteroatoms. The van der Waals surface area contributed by atoms with Crippen molar-refractivity contribution in [2.24, 2.45) is 5.73 Å². The second-order valence-electron chi connectivity index (χ2n) is 5.32. The van der Waals surface area contributed by atoms with E-state index in [4.69, 9.17) is 10.5 Å². The summed E-state index contributed by atoms with van der Waals surface area (Å²) in [5.74, 6) is 0.576. The van der Waals surface area contributed by atoms with Gasteiger partial charge in [0.25, 0.3) is 5.91 Å². The van der Waals surface area contributed by atoms with E-state index in [0.29, 0.717) is 19.6 Å². The molecule has 0 fully saturated rings. The van der Waals surface area contributed by atoms with E-state index in [1.165, 1.54) is 0 Å². The Morgan fingerprint density at radius 1 is 1.39 bits per heavy atom. The van der Waals surface area contributed by atoms with Gasteiger partial charge in [-0.1, -0.05) is 24.3 Å². The van der Waals surface area contributed by atoms with Crippen LogP contribution in [0.25, 0.3) is 0 Å². The SMILES string of the molecule is CC[C@@H](C)Oc1ccc(CNC(=O)c2cn(CCN)nn2)cc1. The highest BCUT2D eigenvalue weighted by Crippen LogP contribution is 2.14. The summed E-state index contributed by atoms with van der Waals surface area (Å²) < 4.78 is 7.27. The summed E-state index contributed by atoms with van der Waals surface area (Å²) in [6.07, 6.45) is 2.74. The van der Waals surface area contributed by atoms with E-state index >= 15 is 0 Å². The third-order valence-corrected chi connectivity index (χ3v) is 3.42. The normalized spacial score (nSPS) is 12.0. The lowest BCUT2D eigenvalue weighted by atomic mass is 10.2. The number of rotatable bonds is 8. The van der Waals surface area contributed by atoms with Crippen LogP contribution in [0, 0.1) is 0 Å². The number of hydrogen-bond donors (Lipinski definition) is 2. The summed E-state index contributed by atoms with van der Waals surface area (Å²) in [6, 6.07) is 7.68. The molecule has 0 aliphatic carbocycles. The monoisotopic (exact) mass is 317 g/mol. The lowest BCUT2D eigenvalue weighted by Crippen LogP contribution is -2.23. The van der Waals surface area contributed by atoms with Gasteiger partial charge in [0.1, 0.15) is 5.75 Å². The number of carbonyl (C=O) groups is 1. The van der Waals surface area contributed by atoms with Crippen molar-refractivity contribution in [3.63, 3.8) is 0 Å². The Kier molecular flexibility index (Phi) is 6.10. The van der Waals surface area contributed by atoms with Crippen molar-refractivity contribution in [1.82, 2.24) is 20.3 Å². The van der Waals surface area contributed by atoms with Gasteiger partial charge in [-0.15, -0.1) is 5.10 Å². The van der Waals surface area contributed by atoms with Gasteiger partial charge in [0.15, 0.2) is 5.69 Å². The Hall–Kier alpha value is -2.41. The summed E-state index contributed by atoms with van der Waals surface area (Å²) in [7, 11) is 0. The van der Waals surface area contributed by atoms with E-state index in [1.54, 1.807) is 10.9 Å². The first kappa shape index (κ1) is 17.0. The molecule has 0 saturated heterocycles. The number of aromatic nitrogens is 3. The molecule has 0 aliphatic rings. The molecule has 0 bridgehead atoms. The minimum absolute atomic E-state index is 0.191. The minimum atomic E-state index is -0.256. The number of carbonyl (C=O) groups excluding carboxylic acids is 1. The lowest BCUT2D eigenvalue weighted by molar-refractivity contribution is 0.0946. The average Bonchev–Trinajstić information content (AvgIpc) is 3.03. The van der Waals surface area contributed by atoms with Crippen LogP contribution in [0.5, 0.6) is 5.75 Å². The quantitative estimate of drug-likeness (QED) is 0.766. The Bertz CT molecular complexity index is 624. The van der Waals surface area contributed by atoms with E-state index in [2.05, 4.69) is 22.6 Å². The first-order chi connectivity index (χ1) is 11.1. The van der Waals surface area contributed by atoms with Crippen molar-refractivity contribution in [3.8, 4) is 5.75 Å². The predicted octanol–water partition coefficient (Wildman–Crippen LogP) is 1.34. The van der Waals surface area contributed by atoms with Gasteiger partial charge >= 0.3 is 0 Å². The number of hydrogen-bond acceptors (Lipinski definition) is 5. The fraction of sp³-hybridized carbons (Fsp3) is 0.438. The summed E-state index contributed by atoms with van der Waals surface area (Å²) in [4.78, 5) is 12.0. The van der Waals surface area contributed by atoms with Crippen LogP contribution in [0.3, 0.4) is 0 Å². The van der Waals surface area contributed by atoms with Gasteiger partial charge in [-0.25, -0.2) is 0 Å². The molecule has 7 nitrogen and oxygen atoms in total. The fourth-order valence-electron chi connectivity index (χ4n) is 1.92. The lowest BCUT2D eigenvalue weighted by Gasteiger charge is -2.12. The molecule has 1 aromatic heterocycles. The van der Waals surface area contributed by atoms with Crippen molar-refractivity contribution in [3.05, 3.63) is 41.7 Å². The smallest absolute Gasteiger partial charge is 0.273 e. The Morgan fingerprint density at radius 2 is 2.13 bits per heavy atom. The van der Waals surface area contributed by atoms with Crippen LogP contribution < -0.4 is 15.8 Å². The van der Waals surface area contributed by atoms with Gasteiger partial charge in [0, 0.05) is 13.1 Å². The van der Waals surface area contributed by atoms with E-state index < -0.39 is 0 Å². The first-order valence-electron chi connectivity index (χ1n) is 7.76. The Morgan fingerprint density at radius 3 is 2.78 bits per heavy atom. The third-order valence-electron chi connectivity index (χ3n) is 3.42. The van der Waals surface area contributed by atoms with Gasteiger partial charge in [0.05, 0.1) is 18.8 Å². The molecular weight excluding hydrogens is 294 g/mol. The zero-order valence-electron chi connectivity index (χ0n) is 13.5. The van der Waals surface area contributed by atoms with Crippen LogP contribution in [0.4, 0.5) is 0 Å². The molecule has 0 radical (unpaired) electrons. The van der Waals surface area contributed by atoms with E-state index in [-0.39, 0.29) is 17.7 Å². The summed E-state index contributed by atoms with van der Waals surface area (Å²) in [5, 5.41) is 10.5. The molecular formula is C16H23N5O2. The maximum Gasteiger partial charge on any atom is 0.273 e. The van der Waals surface area contributed by atoms with Gasteiger partial charge in [-0.3, -0.25) is 9.48 Å². The number of nitrogens with zero attached hydrogens (tertiary/aromatic N) is 3. The topological polar surface area (TPSA) is 95.1 Å². The van der Waals surface area contributed by atoms with Gasteiger partial charge in [-0.05, 0) is 31.0 Å². The largest absolute Gasteiger partial charge is 0.491 e. The number of amides is 1. The van der Waals surface area contributed by atoms with Gasteiger partial charge in [0.2, 0.25) is 0 Å². The summed E-state index contributed by atoms with van der Waals surface area (Å²) >= 11 is 0. The van der Waals surface area contributed by atoms with E-state index in [9.17, 15) is 4.79 Å². The first-order valence-corrected chi connectivity index (χ1v) is 7.76. The molecule has 2 rings (SSSR count).